The van der Waals surface area contributed by atoms with E-state index in [2.05, 4.69) is 112 Å². The summed E-state index contributed by atoms with van der Waals surface area (Å²) in [5.41, 5.74) is 5.47. The number of aliphatic hydroxyl groups is 1. The van der Waals surface area contributed by atoms with Crippen LogP contribution in [0, 0.1) is 23.3 Å². The van der Waals surface area contributed by atoms with Crippen LogP contribution >= 0.6 is 0 Å². The molecule has 2 nitrogen and oxygen atoms in total. The number of rotatable bonds is 9. The van der Waals surface area contributed by atoms with Gasteiger partial charge in [-0.2, -0.15) is 0 Å². The summed E-state index contributed by atoms with van der Waals surface area (Å²) in [7, 11) is -3.51. The fourth-order valence-electron chi connectivity index (χ4n) is 4.02. The maximum Gasteiger partial charge on any atom is 0.192 e. The summed E-state index contributed by atoms with van der Waals surface area (Å²) in [5, 5.41) is 10.4. The lowest BCUT2D eigenvalue weighted by molar-refractivity contribution is 0.221. The van der Waals surface area contributed by atoms with Crippen LogP contribution in [0.1, 0.15) is 82.1 Å². The Balaban J connectivity index is 4.97. The third kappa shape index (κ3) is 9.44. The van der Waals surface area contributed by atoms with Gasteiger partial charge in [0.15, 0.2) is 8.32 Å². The van der Waals surface area contributed by atoms with Gasteiger partial charge in [0, 0.05) is 6.42 Å². The molecular formula is C28H50O2Si2. The van der Waals surface area contributed by atoms with Gasteiger partial charge in [-0.25, -0.2) is 0 Å². The zero-order valence-electron chi connectivity index (χ0n) is 23.0. The van der Waals surface area contributed by atoms with E-state index in [4.69, 9.17) is 4.43 Å². The highest BCUT2D eigenvalue weighted by atomic mass is 28.4. The average Bonchev–Trinajstić information content (AvgIpc) is 2.64. The van der Waals surface area contributed by atoms with Gasteiger partial charge in [0.2, 0.25) is 0 Å². The van der Waals surface area contributed by atoms with Crippen molar-refractivity contribution < 1.29 is 9.53 Å². The second-order valence-electron chi connectivity index (χ2n) is 11.3. The lowest BCUT2D eigenvalue weighted by Crippen LogP contribution is -2.43. The zero-order valence-corrected chi connectivity index (χ0v) is 25.0. The lowest BCUT2D eigenvalue weighted by atomic mass is 10.2. The summed E-state index contributed by atoms with van der Waals surface area (Å²) < 4.78 is 6.43. The van der Waals surface area contributed by atoms with Crippen molar-refractivity contribution in [3.63, 3.8) is 0 Å². The summed E-state index contributed by atoms with van der Waals surface area (Å²) in [5.74, 6) is 9.35. The van der Waals surface area contributed by atoms with Gasteiger partial charge in [0.25, 0.3) is 0 Å². The summed E-state index contributed by atoms with van der Waals surface area (Å²) >= 11 is 0. The minimum Gasteiger partial charge on any atom is -0.411 e. The highest BCUT2D eigenvalue weighted by Gasteiger charge is 2.41. The quantitative estimate of drug-likeness (QED) is 0.272. The van der Waals surface area contributed by atoms with Crippen LogP contribution < -0.4 is 0 Å². The molecule has 0 aliphatic carbocycles. The smallest absolute Gasteiger partial charge is 0.192 e. The molecule has 0 aliphatic heterocycles. The fourth-order valence-corrected chi connectivity index (χ4v) is 10.6. The van der Waals surface area contributed by atoms with Crippen LogP contribution in [0.15, 0.2) is 24.3 Å². The van der Waals surface area contributed by atoms with Crippen molar-refractivity contribution >= 4 is 16.4 Å². The molecule has 182 valence electrons. The Labute approximate surface area is 202 Å². The van der Waals surface area contributed by atoms with Gasteiger partial charge in [0.05, 0.1) is 12.2 Å². The molecular weight excluding hydrogens is 424 g/mol. The van der Waals surface area contributed by atoms with E-state index in [-0.39, 0.29) is 11.1 Å². The first-order valence-corrected chi connectivity index (χ1v) is 17.5. The number of hydrogen-bond donors (Lipinski definition) is 1. The Kier molecular flexibility index (Phi) is 13.2. The topological polar surface area (TPSA) is 29.5 Å². The van der Waals surface area contributed by atoms with Crippen molar-refractivity contribution in [1.82, 2.24) is 0 Å². The normalized spacial score (nSPS) is 15.2. The van der Waals surface area contributed by atoms with Crippen LogP contribution in [0.4, 0.5) is 0 Å². The van der Waals surface area contributed by atoms with Crippen LogP contribution in [0.25, 0.3) is 0 Å². The van der Waals surface area contributed by atoms with E-state index in [1.54, 1.807) is 6.08 Å². The maximum absolute atomic E-state index is 10.2. The summed E-state index contributed by atoms with van der Waals surface area (Å²) in [6, 6.07) is 0. The van der Waals surface area contributed by atoms with E-state index in [1.807, 2.05) is 12.2 Å². The molecule has 0 aromatic heterocycles. The molecule has 0 amide bonds. The van der Waals surface area contributed by atoms with Crippen molar-refractivity contribution in [2.45, 2.75) is 129 Å². The predicted molar refractivity (Wildman–Crippen MR) is 148 cm³/mol. The van der Waals surface area contributed by atoms with Gasteiger partial charge in [-0.3, -0.25) is 0 Å². The Hall–Kier alpha value is -1.05. The van der Waals surface area contributed by atoms with Gasteiger partial charge in [-0.15, -0.1) is 5.54 Å². The Morgan fingerprint density at radius 3 is 1.81 bits per heavy atom. The first-order chi connectivity index (χ1) is 14.6. The van der Waals surface area contributed by atoms with E-state index in [9.17, 15) is 5.11 Å². The van der Waals surface area contributed by atoms with Gasteiger partial charge in [-0.05, 0) is 65.5 Å². The molecule has 0 saturated heterocycles. The van der Waals surface area contributed by atoms with Crippen LogP contribution in [-0.2, 0) is 4.43 Å². The van der Waals surface area contributed by atoms with E-state index in [0.717, 1.165) is 6.42 Å². The minimum absolute atomic E-state index is 0.0950. The highest BCUT2D eigenvalue weighted by molar-refractivity contribution is 6.90. The van der Waals surface area contributed by atoms with Crippen molar-refractivity contribution in [2.75, 3.05) is 0 Å². The van der Waals surface area contributed by atoms with Crippen molar-refractivity contribution in [2.24, 2.45) is 0 Å². The van der Waals surface area contributed by atoms with E-state index in [0.29, 0.717) is 23.0 Å². The number of hydrogen-bond acceptors (Lipinski definition) is 2. The molecule has 0 saturated carbocycles. The van der Waals surface area contributed by atoms with Crippen molar-refractivity contribution in [1.29, 1.82) is 0 Å². The lowest BCUT2D eigenvalue weighted by Gasteiger charge is -2.38. The predicted octanol–water partition coefficient (Wildman–Crippen LogP) is 7.88. The molecule has 0 heterocycles. The Morgan fingerprint density at radius 2 is 1.38 bits per heavy atom. The highest BCUT2D eigenvalue weighted by Crippen LogP contribution is 2.40. The van der Waals surface area contributed by atoms with E-state index < -0.39 is 22.5 Å². The molecule has 0 aromatic rings. The molecule has 32 heavy (non-hydrogen) atoms. The third-order valence-corrected chi connectivity index (χ3v) is 17.8. The molecule has 0 unspecified atom stereocenters. The van der Waals surface area contributed by atoms with Crippen LogP contribution in [0.2, 0.25) is 34.8 Å². The molecule has 0 fully saturated rings. The second-order valence-corrected chi connectivity index (χ2v) is 21.6. The average molecular weight is 475 g/mol. The van der Waals surface area contributed by atoms with Gasteiger partial charge in [-0.1, -0.05) is 87.0 Å². The Morgan fingerprint density at radius 1 is 0.875 bits per heavy atom. The standard InChI is InChI=1S/C28H50O2Si2/c1-13-27(30-31(11,12)28(8,9)10)21-16-14-15-19-26(29)20-17-18-22-32(23(2)3,24(4)5)25(6)7/h16-17,20-21,23-27,29H,13,19H2,1-12H3/b20-17+,21-16+/t26-,27-/m1/s1. The molecule has 0 rings (SSSR count). The first-order valence-electron chi connectivity index (χ1n) is 12.3. The van der Waals surface area contributed by atoms with E-state index in [1.165, 1.54) is 0 Å². The zero-order chi connectivity index (χ0) is 25.2. The molecule has 0 aromatic carbocycles. The molecule has 0 bridgehead atoms. The molecule has 0 radical (unpaired) electrons. The van der Waals surface area contributed by atoms with Gasteiger partial charge >= 0.3 is 0 Å². The molecule has 4 heteroatoms. The van der Waals surface area contributed by atoms with Crippen molar-refractivity contribution in [3.8, 4) is 23.3 Å². The summed E-state index contributed by atoms with van der Waals surface area (Å²) in [6.07, 6.45) is 8.34. The Bertz CT molecular complexity index is 710. The minimum atomic E-state index is -1.79. The SMILES string of the molecule is CC[C@H](/C=C/C#CC[C@@H](O)/C=C/C#C[Si](C(C)C)(C(C)C)C(C)C)O[Si](C)(C)C(C)(C)C. The van der Waals surface area contributed by atoms with E-state index >= 15 is 0 Å². The fraction of sp³-hybridized carbons (Fsp3) is 0.714. The molecule has 1 N–H and O–H groups in total. The van der Waals surface area contributed by atoms with Gasteiger partial charge < -0.3 is 9.53 Å². The molecule has 0 aliphatic rings. The van der Waals surface area contributed by atoms with Crippen LogP contribution in [0.3, 0.4) is 0 Å². The van der Waals surface area contributed by atoms with Crippen LogP contribution in [0.5, 0.6) is 0 Å². The number of aliphatic hydroxyl groups excluding tert-OH is 1. The van der Waals surface area contributed by atoms with Crippen LogP contribution in [-0.4, -0.2) is 33.7 Å². The monoisotopic (exact) mass is 474 g/mol. The molecule has 0 spiro atoms. The number of allylic oxidation sites excluding steroid dienone is 2. The maximum atomic E-state index is 10.2. The van der Waals surface area contributed by atoms with Gasteiger partial charge in [0.1, 0.15) is 8.07 Å². The first kappa shape index (κ1) is 31.0. The molecule has 2 atom stereocenters. The largest absolute Gasteiger partial charge is 0.411 e. The summed E-state index contributed by atoms with van der Waals surface area (Å²) in [6.45, 7) is 27.3. The summed E-state index contributed by atoms with van der Waals surface area (Å²) in [4.78, 5) is 0. The van der Waals surface area contributed by atoms with Crippen molar-refractivity contribution in [3.05, 3.63) is 24.3 Å². The second kappa shape index (κ2) is 13.6. The third-order valence-electron chi connectivity index (χ3n) is 7.02.